The number of aromatic nitrogens is 2. The zero-order chi connectivity index (χ0) is 25.6. The first kappa shape index (κ1) is 27.7. The number of carboxylic acids is 1. The van der Waals surface area contributed by atoms with Crippen molar-refractivity contribution in [3.8, 4) is 0 Å². The molecule has 0 aliphatic heterocycles. The van der Waals surface area contributed by atoms with Crippen LogP contribution in [0.15, 0.2) is 40.3 Å². The Bertz CT molecular complexity index is 1160. The number of aliphatic hydroxyl groups excluding tert-OH is 2. The molecule has 0 bridgehead atoms. The van der Waals surface area contributed by atoms with E-state index in [1.165, 1.54) is 25.3 Å². The van der Waals surface area contributed by atoms with Crippen LogP contribution in [-0.2, 0) is 14.8 Å². The lowest BCUT2D eigenvalue weighted by molar-refractivity contribution is -0.139. The van der Waals surface area contributed by atoms with E-state index in [4.69, 9.17) is 5.11 Å². The Morgan fingerprint density at radius 2 is 1.88 bits per heavy atom. The summed E-state index contributed by atoms with van der Waals surface area (Å²) in [5.41, 5.74) is 0.912. The molecule has 2 aromatic rings. The monoisotopic (exact) mass is 513 g/mol. The van der Waals surface area contributed by atoms with Crippen molar-refractivity contribution in [3.05, 3.63) is 47.4 Å². The van der Waals surface area contributed by atoms with Crippen LogP contribution < -0.4 is 4.31 Å². The van der Waals surface area contributed by atoms with Crippen molar-refractivity contribution in [3.63, 3.8) is 0 Å². The topological polar surface area (TPSA) is 141 Å². The number of benzene rings is 1. The van der Waals surface area contributed by atoms with Crippen molar-refractivity contribution in [2.24, 2.45) is 0 Å². The van der Waals surface area contributed by atoms with Crippen LogP contribution in [0.3, 0.4) is 0 Å². The Labute approximate surface area is 202 Å². The van der Waals surface area contributed by atoms with Crippen molar-refractivity contribution < 1.29 is 32.9 Å². The number of hydrogen-bond donors (Lipinski definition) is 3. The summed E-state index contributed by atoms with van der Waals surface area (Å²) in [6, 6.07) is 6.05. The van der Waals surface area contributed by atoms with Crippen LogP contribution in [0.5, 0.6) is 0 Å². The highest BCUT2D eigenvalue weighted by atomic mass is 32.2. The molecule has 0 saturated heterocycles. The summed E-state index contributed by atoms with van der Waals surface area (Å²) in [6.07, 6.45) is 0.774. The third kappa shape index (κ3) is 7.76. The number of anilines is 1. The fourth-order valence-electron chi connectivity index (χ4n) is 2.90. The van der Waals surface area contributed by atoms with Crippen molar-refractivity contribution >= 4 is 39.8 Å². The fourth-order valence-corrected chi connectivity index (χ4v) is 4.21. The van der Waals surface area contributed by atoms with E-state index in [1.54, 1.807) is 18.2 Å². The molecule has 0 aliphatic rings. The summed E-state index contributed by atoms with van der Waals surface area (Å²) < 4.78 is 39.5. The largest absolute Gasteiger partial charge is 0.481 e. The molecule has 0 aliphatic carbocycles. The number of nitrogens with zero attached hydrogens (tertiary/aromatic N) is 3. The molecule has 0 spiro atoms. The van der Waals surface area contributed by atoms with Crippen molar-refractivity contribution in [2.75, 3.05) is 17.6 Å². The van der Waals surface area contributed by atoms with E-state index < -0.39 is 40.4 Å². The Hall–Kier alpha value is -2.54. The maximum Gasteiger partial charge on any atom is 0.305 e. The number of rotatable bonds is 11. The van der Waals surface area contributed by atoms with Gasteiger partial charge in [-0.15, -0.1) is 0 Å². The maximum absolute atomic E-state index is 14.4. The van der Waals surface area contributed by atoms with Crippen molar-refractivity contribution in [2.45, 2.75) is 54.7 Å². The van der Waals surface area contributed by atoms with Gasteiger partial charge in [-0.3, -0.25) is 4.79 Å². The highest BCUT2D eigenvalue weighted by Crippen LogP contribution is 2.36. The molecule has 0 unspecified atom stereocenters. The number of aliphatic carboxylic acids is 1. The van der Waals surface area contributed by atoms with Gasteiger partial charge >= 0.3 is 5.97 Å². The van der Waals surface area contributed by atoms with Crippen LogP contribution in [-0.4, -0.2) is 65.2 Å². The lowest BCUT2D eigenvalue weighted by atomic mass is 10.0. The van der Waals surface area contributed by atoms with Crippen molar-refractivity contribution in [1.82, 2.24) is 9.97 Å². The second kappa shape index (κ2) is 11.7. The molecule has 0 amide bonds. The molecule has 9 nitrogen and oxygen atoms in total. The zero-order valence-corrected chi connectivity index (χ0v) is 20.8. The number of carbonyl (C=O) groups is 1. The van der Waals surface area contributed by atoms with E-state index >= 15 is 0 Å². The van der Waals surface area contributed by atoms with Crippen LogP contribution in [0.1, 0.15) is 43.9 Å². The molecular weight excluding hydrogens is 485 g/mol. The fraction of sp³-hybridized carbons (Fsp3) is 0.409. The van der Waals surface area contributed by atoms with Gasteiger partial charge in [0, 0.05) is 23.9 Å². The Morgan fingerprint density at radius 3 is 2.44 bits per heavy atom. The minimum absolute atomic E-state index is 0.0837. The standard InChI is InChI=1S/C22H28FN3O6S2/c1-13(2)20-16(10-9-14(27)11-15(28)12-19(29)30)21(33-18-8-6-5-7-17(18)23)25-22(24-20)26(3)34(4,31)32/h5-10,13-15,27-28H,11-12H2,1-4H3,(H,29,30)/b10-9+/t14-,15-/m1/s1. The van der Waals surface area contributed by atoms with Crippen LogP contribution in [0.4, 0.5) is 10.3 Å². The molecule has 3 N–H and O–H groups in total. The molecule has 1 heterocycles. The minimum Gasteiger partial charge on any atom is -0.481 e. The number of carboxylic acid groups (broad SMARTS) is 1. The third-order valence-corrected chi connectivity index (χ3v) is 6.92. The molecule has 186 valence electrons. The predicted molar refractivity (Wildman–Crippen MR) is 128 cm³/mol. The molecule has 12 heteroatoms. The van der Waals surface area contributed by atoms with Gasteiger partial charge in [0.05, 0.1) is 30.6 Å². The lowest BCUT2D eigenvalue weighted by Gasteiger charge is -2.20. The second-order valence-corrected chi connectivity index (χ2v) is 11.0. The molecule has 1 aromatic heterocycles. The highest BCUT2D eigenvalue weighted by Gasteiger charge is 2.23. The van der Waals surface area contributed by atoms with Crippen LogP contribution in [0.2, 0.25) is 0 Å². The van der Waals surface area contributed by atoms with Gasteiger partial charge in [0.2, 0.25) is 16.0 Å². The molecule has 34 heavy (non-hydrogen) atoms. The average molecular weight is 514 g/mol. The molecule has 1 aromatic carbocycles. The average Bonchev–Trinajstić information content (AvgIpc) is 2.71. The molecule has 0 saturated carbocycles. The van der Waals surface area contributed by atoms with Crippen LogP contribution in [0.25, 0.3) is 6.08 Å². The van der Waals surface area contributed by atoms with Gasteiger partial charge in [0.1, 0.15) is 10.8 Å². The first-order valence-electron chi connectivity index (χ1n) is 10.3. The minimum atomic E-state index is -3.67. The van der Waals surface area contributed by atoms with Crippen LogP contribution >= 0.6 is 11.8 Å². The van der Waals surface area contributed by atoms with Crippen molar-refractivity contribution in [1.29, 1.82) is 0 Å². The Kier molecular flexibility index (Phi) is 9.56. The smallest absolute Gasteiger partial charge is 0.305 e. The Morgan fingerprint density at radius 1 is 1.24 bits per heavy atom. The van der Waals surface area contributed by atoms with Gasteiger partial charge in [-0.1, -0.05) is 49.9 Å². The molecular formula is C22H28FN3O6S2. The van der Waals surface area contributed by atoms with E-state index in [-0.39, 0.29) is 28.2 Å². The molecule has 0 radical (unpaired) electrons. The molecule has 2 rings (SSSR count). The first-order chi connectivity index (χ1) is 15.8. The van der Waals surface area contributed by atoms with E-state index in [0.717, 1.165) is 22.3 Å². The SMILES string of the molecule is CC(C)c1nc(N(C)S(C)(=O)=O)nc(Sc2ccccc2F)c1/C=C/[C@@H](O)C[C@@H](O)CC(=O)O. The Balaban J connectivity index is 2.57. The predicted octanol–water partition coefficient (Wildman–Crippen LogP) is 2.89. The number of hydrogen-bond acceptors (Lipinski definition) is 8. The van der Waals surface area contributed by atoms with Gasteiger partial charge in [-0.25, -0.2) is 27.1 Å². The molecule has 2 atom stereocenters. The summed E-state index contributed by atoms with van der Waals surface area (Å²) in [7, 11) is -2.35. The number of sulfonamides is 1. The van der Waals surface area contributed by atoms with Gasteiger partial charge < -0.3 is 15.3 Å². The normalized spacial score (nSPS) is 13.9. The molecule has 0 fully saturated rings. The summed E-state index contributed by atoms with van der Waals surface area (Å²) in [6.45, 7) is 3.68. The summed E-state index contributed by atoms with van der Waals surface area (Å²) in [4.78, 5) is 19.8. The quantitative estimate of drug-likeness (QED) is 0.387. The van der Waals surface area contributed by atoms with Gasteiger partial charge in [0.25, 0.3) is 0 Å². The van der Waals surface area contributed by atoms with Crippen LogP contribution in [0, 0.1) is 5.82 Å². The first-order valence-corrected chi connectivity index (χ1v) is 13.0. The third-order valence-electron chi connectivity index (χ3n) is 4.71. The van der Waals surface area contributed by atoms with E-state index in [2.05, 4.69) is 9.97 Å². The van der Waals surface area contributed by atoms with Gasteiger partial charge in [-0.2, -0.15) is 0 Å². The summed E-state index contributed by atoms with van der Waals surface area (Å²) in [5.74, 6) is -1.95. The number of halogens is 1. The highest BCUT2D eigenvalue weighted by molar-refractivity contribution is 7.99. The van der Waals surface area contributed by atoms with E-state index in [9.17, 15) is 27.8 Å². The van der Waals surface area contributed by atoms with E-state index in [1.807, 2.05) is 13.8 Å². The second-order valence-electron chi connectivity index (χ2n) is 7.96. The van der Waals surface area contributed by atoms with Gasteiger partial charge in [0.15, 0.2) is 0 Å². The van der Waals surface area contributed by atoms with E-state index in [0.29, 0.717) is 11.3 Å². The lowest BCUT2D eigenvalue weighted by Crippen LogP contribution is -2.27. The number of aliphatic hydroxyl groups is 2. The summed E-state index contributed by atoms with van der Waals surface area (Å²) in [5, 5.41) is 29.1. The van der Waals surface area contributed by atoms with Gasteiger partial charge in [-0.05, 0) is 18.1 Å². The zero-order valence-electron chi connectivity index (χ0n) is 19.2. The maximum atomic E-state index is 14.4. The summed E-state index contributed by atoms with van der Waals surface area (Å²) >= 11 is 0.981.